The SMILES string of the molecule is O=S(=O)(CCCCO)Nc1cccc2ccccc12. The van der Waals surface area contributed by atoms with Gasteiger partial charge in [0.1, 0.15) is 0 Å². The van der Waals surface area contributed by atoms with Crippen LogP contribution in [0.2, 0.25) is 0 Å². The first-order valence-corrected chi connectivity index (χ1v) is 7.87. The Labute approximate surface area is 113 Å². The first-order chi connectivity index (χ1) is 9.12. The lowest BCUT2D eigenvalue weighted by Crippen LogP contribution is -2.17. The lowest BCUT2D eigenvalue weighted by atomic mass is 10.1. The van der Waals surface area contributed by atoms with E-state index in [9.17, 15) is 8.42 Å². The third kappa shape index (κ3) is 3.68. The van der Waals surface area contributed by atoms with Crippen molar-refractivity contribution < 1.29 is 13.5 Å². The Kier molecular flexibility index (Phi) is 4.39. The lowest BCUT2D eigenvalue weighted by Gasteiger charge is -2.10. The molecule has 0 fully saturated rings. The Morgan fingerprint density at radius 2 is 1.74 bits per heavy atom. The maximum atomic E-state index is 11.9. The van der Waals surface area contributed by atoms with Crippen molar-refractivity contribution in [3.05, 3.63) is 42.5 Å². The summed E-state index contributed by atoms with van der Waals surface area (Å²) in [6.45, 7) is 0.0176. The summed E-state index contributed by atoms with van der Waals surface area (Å²) in [7, 11) is -3.36. The fourth-order valence-electron chi connectivity index (χ4n) is 1.94. The summed E-state index contributed by atoms with van der Waals surface area (Å²) in [4.78, 5) is 0. The van der Waals surface area contributed by atoms with Gasteiger partial charge in [0.25, 0.3) is 0 Å². The van der Waals surface area contributed by atoms with Gasteiger partial charge in [-0.25, -0.2) is 8.42 Å². The van der Waals surface area contributed by atoms with Crippen molar-refractivity contribution in [3.8, 4) is 0 Å². The molecule has 19 heavy (non-hydrogen) atoms. The van der Waals surface area contributed by atoms with Gasteiger partial charge in [-0.1, -0.05) is 36.4 Å². The lowest BCUT2D eigenvalue weighted by molar-refractivity contribution is 0.287. The van der Waals surface area contributed by atoms with E-state index in [-0.39, 0.29) is 12.4 Å². The number of aliphatic hydroxyl groups is 1. The molecule has 0 saturated carbocycles. The average Bonchev–Trinajstić information content (AvgIpc) is 2.39. The van der Waals surface area contributed by atoms with Crippen LogP contribution in [0.5, 0.6) is 0 Å². The molecule has 2 aromatic carbocycles. The zero-order chi connectivity index (χ0) is 13.7. The molecule has 0 spiro atoms. The van der Waals surface area contributed by atoms with Gasteiger partial charge >= 0.3 is 0 Å². The molecule has 0 radical (unpaired) electrons. The van der Waals surface area contributed by atoms with Gasteiger partial charge in [-0.15, -0.1) is 0 Å². The van der Waals surface area contributed by atoms with Crippen LogP contribution in [-0.2, 0) is 10.0 Å². The summed E-state index contributed by atoms with van der Waals surface area (Å²) in [6, 6.07) is 13.2. The second kappa shape index (κ2) is 6.04. The maximum absolute atomic E-state index is 11.9. The molecule has 0 aliphatic carbocycles. The molecule has 0 amide bonds. The quantitative estimate of drug-likeness (QED) is 0.798. The molecule has 5 heteroatoms. The second-order valence-corrected chi connectivity index (χ2v) is 6.22. The van der Waals surface area contributed by atoms with Crippen LogP contribution in [0.15, 0.2) is 42.5 Å². The van der Waals surface area contributed by atoms with Gasteiger partial charge in [0, 0.05) is 12.0 Å². The third-order valence-corrected chi connectivity index (χ3v) is 4.23. The van der Waals surface area contributed by atoms with Crippen molar-refractivity contribution in [3.63, 3.8) is 0 Å². The number of aliphatic hydroxyl groups excluding tert-OH is 1. The van der Waals surface area contributed by atoms with Crippen LogP contribution in [0.1, 0.15) is 12.8 Å². The highest BCUT2D eigenvalue weighted by atomic mass is 32.2. The monoisotopic (exact) mass is 279 g/mol. The number of sulfonamides is 1. The Bertz CT molecular complexity index is 647. The molecule has 102 valence electrons. The topological polar surface area (TPSA) is 66.4 Å². The van der Waals surface area contributed by atoms with Gasteiger partial charge in [-0.05, 0) is 24.3 Å². The summed E-state index contributed by atoms with van der Waals surface area (Å²) >= 11 is 0. The predicted molar refractivity (Wildman–Crippen MR) is 77.7 cm³/mol. The van der Waals surface area contributed by atoms with E-state index in [0.717, 1.165) is 10.8 Å². The van der Waals surface area contributed by atoms with E-state index in [1.807, 2.05) is 36.4 Å². The van der Waals surface area contributed by atoms with Gasteiger partial charge < -0.3 is 5.11 Å². The van der Waals surface area contributed by atoms with E-state index in [4.69, 9.17) is 5.11 Å². The Balaban J connectivity index is 2.21. The van der Waals surface area contributed by atoms with Crippen molar-refractivity contribution in [1.29, 1.82) is 0 Å². The van der Waals surface area contributed by atoms with Gasteiger partial charge in [0.15, 0.2) is 0 Å². The zero-order valence-corrected chi connectivity index (χ0v) is 11.4. The van der Waals surface area contributed by atoms with Crippen molar-refractivity contribution >= 4 is 26.5 Å². The largest absolute Gasteiger partial charge is 0.396 e. The van der Waals surface area contributed by atoms with Crippen LogP contribution in [0.25, 0.3) is 10.8 Å². The van der Waals surface area contributed by atoms with E-state index in [1.165, 1.54) is 0 Å². The standard InChI is InChI=1S/C14H17NO3S/c16-10-3-4-11-19(17,18)15-14-9-5-7-12-6-1-2-8-13(12)14/h1-2,5-9,15-16H,3-4,10-11H2. The van der Waals surface area contributed by atoms with Gasteiger partial charge in [0.2, 0.25) is 10.0 Å². The van der Waals surface area contributed by atoms with Crippen LogP contribution in [0.3, 0.4) is 0 Å². The highest BCUT2D eigenvalue weighted by Crippen LogP contribution is 2.23. The molecule has 0 saturated heterocycles. The van der Waals surface area contributed by atoms with E-state index >= 15 is 0 Å². The van der Waals surface area contributed by atoms with E-state index in [2.05, 4.69) is 4.72 Å². The van der Waals surface area contributed by atoms with Crippen LogP contribution in [0, 0.1) is 0 Å². The van der Waals surface area contributed by atoms with E-state index in [0.29, 0.717) is 18.5 Å². The molecule has 0 aliphatic rings. The molecule has 0 heterocycles. The number of hydrogen-bond acceptors (Lipinski definition) is 3. The number of anilines is 1. The van der Waals surface area contributed by atoms with E-state index < -0.39 is 10.0 Å². The number of fused-ring (bicyclic) bond motifs is 1. The number of unbranched alkanes of at least 4 members (excludes halogenated alkanes) is 1. The summed E-state index contributed by atoms with van der Waals surface area (Å²) in [6.07, 6.45) is 0.951. The molecular weight excluding hydrogens is 262 g/mol. The smallest absolute Gasteiger partial charge is 0.232 e. The van der Waals surface area contributed by atoms with Crippen LogP contribution < -0.4 is 4.72 Å². The van der Waals surface area contributed by atoms with Gasteiger partial charge in [-0.2, -0.15) is 0 Å². The van der Waals surface area contributed by atoms with Crippen molar-refractivity contribution in [1.82, 2.24) is 0 Å². The summed E-state index contributed by atoms with van der Waals surface area (Å²) in [5, 5.41) is 10.6. The maximum Gasteiger partial charge on any atom is 0.232 e. The zero-order valence-electron chi connectivity index (χ0n) is 10.5. The predicted octanol–water partition coefficient (Wildman–Crippen LogP) is 2.35. The fourth-order valence-corrected chi connectivity index (χ4v) is 3.14. The first-order valence-electron chi connectivity index (χ1n) is 6.21. The van der Waals surface area contributed by atoms with Crippen molar-refractivity contribution in [2.45, 2.75) is 12.8 Å². The highest BCUT2D eigenvalue weighted by molar-refractivity contribution is 7.92. The van der Waals surface area contributed by atoms with Crippen molar-refractivity contribution in [2.75, 3.05) is 17.1 Å². The Hall–Kier alpha value is -1.59. The molecule has 0 unspecified atom stereocenters. The molecule has 0 bridgehead atoms. The minimum Gasteiger partial charge on any atom is -0.396 e. The normalized spacial score (nSPS) is 11.6. The fraction of sp³-hybridized carbons (Fsp3) is 0.286. The van der Waals surface area contributed by atoms with Gasteiger partial charge in [-0.3, -0.25) is 4.72 Å². The molecule has 2 aromatic rings. The first kappa shape index (κ1) is 13.8. The number of benzene rings is 2. The molecular formula is C14H17NO3S. The number of hydrogen-bond donors (Lipinski definition) is 2. The minimum atomic E-state index is -3.36. The molecule has 2 N–H and O–H groups in total. The third-order valence-electron chi connectivity index (χ3n) is 2.88. The van der Waals surface area contributed by atoms with Crippen LogP contribution in [0.4, 0.5) is 5.69 Å². The van der Waals surface area contributed by atoms with Crippen LogP contribution >= 0.6 is 0 Å². The van der Waals surface area contributed by atoms with E-state index in [1.54, 1.807) is 6.07 Å². The summed E-state index contributed by atoms with van der Waals surface area (Å²) in [5.74, 6) is 0.0246. The van der Waals surface area contributed by atoms with Crippen molar-refractivity contribution in [2.24, 2.45) is 0 Å². The molecule has 2 rings (SSSR count). The Morgan fingerprint density at radius 3 is 2.53 bits per heavy atom. The Morgan fingerprint density at radius 1 is 1.00 bits per heavy atom. The minimum absolute atomic E-state index is 0.0176. The second-order valence-electron chi connectivity index (χ2n) is 4.38. The summed E-state index contributed by atoms with van der Waals surface area (Å²) < 4.78 is 26.5. The molecule has 0 aliphatic heterocycles. The number of rotatable bonds is 6. The molecule has 4 nitrogen and oxygen atoms in total. The highest BCUT2D eigenvalue weighted by Gasteiger charge is 2.11. The average molecular weight is 279 g/mol. The molecule has 0 aromatic heterocycles. The molecule has 0 atom stereocenters. The summed E-state index contributed by atoms with van der Waals surface area (Å²) in [5.41, 5.74) is 0.599. The number of nitrogens with one attached hydrogen (secondary N) is 1. The van der Waals surface area contributed by atoms with Crippen LogP contribution in [-0.4, -0.2) is 25.9 Å². The van der Waals surface area contributed by atoms with Gasteiger partial charge in [0.05, 0.1) is 11.4 Å².